The van der Waals surface area contributed by atoms with Crippen LogP contribution in [0.15, 0.2) is 23.7 Å². The maximum absolute atomic E-state index is 6.12. The highest BCUT2D eigenvalue weighted by Gasteiger charge is 2.16. The van der Waals surface area contributed by atoms with Crippen LogP contribution in [-0.2, 0) is 6.42 Å². The molecule has 2 aromatic rings. The highest BCUT2D eigenvalue weighted by molar-refractivity contribution is 7.10. The van der Waals surface area contributed by atoms with Crippen molar-refractivity contribution >= 4 is 22.9 Å². The van der Waals surface area contributed by atoms with Crippen LogP contribution in [-0.4, -0.2) is 9.78 Å². The topological polar surface area (TPSA) is 55.9 Å². The van der Waals surface area contributed by atoms with Gasteiger partial charge in [-0.2, -0.15) is 5.10 Å². The number of hydrazine groups is 1. The van der Waals surface area contributed by atoms with E-state index in [4.69, 9.17) is 17.4 Å². The molecule has 2 rings (SSSR count). The van der Waals surface area contributed by atoms with Crippen molar-refractivity contribution in [3.63, 3.8) is 0 Å². The van der Waals surface area contributed by atoms with Crippen molar-refractivity contribution in [1.82, 2.24) is 15.2 Å². The Morgan fingerprint density at radius 3 is 2.78 bits per heavy atom. The first-order valence-electron chi connectivity index (χ1n) is 5.85. The monoisotopic (exact) mass is 284 g/mol. The van der Waals surface area contributed by atoms with Crippen LogP contribution in [0.25, 0.3) is 0 Å². The van der Waals surface area contributed by atoms with Crippen LogP contribution in [0, 0.1) is 0 Å². The van der Waals surface area contributed by atoms with Gasteiger partial charge in [0, 0.05) is 23.5 Å². The molecule has 1 unspecified atom stereocenters. The van der Waals surface area contributed by atoms with Crippen LogP contribution in [0.1, 0.15) is 36.5 Å². The van der Waals surface area contributed by atoms with Crippen LogP contribution in [0.4, 0.5) is 0 Å². The Morgan fingerprint density at radius 2 is 2.28 bits per heavy atom. The van der Waals surface area contributed by atoms with Crippen LogP contribution in [0.2, 0.25) is 5.02 Å². The van der Waals surface area contributed by atoms with Gasteiger partial charge >= 0.3 is 0 Å². The molecule has 0 bridgehead atoms. The van der Waals surface area contributed by atoms with Gasteiger partial charge in [-0.3, -0.25) is 16.0 Å². The van der Waals surface area contributed by atoms with Crippen molar-refractivity contribution in [2.45, 2.75) is 32.4 Å². The number of hydrogen-bond acceptors (Lipinski definition) is 4. The van der Waals surface area contributed by atoms with Gasteiger partial charge in [0.05, 0.1) is 16.8 Å². The fraction of sp³-hybridized carbons (Fsp3) is 0.417. The van der Waals surface area contributed by atoms with E-state index in [0.29, 0.717) is 6.04 Å². The second-order valence-corrected chi connectivity index (χ2v) is 5.79. The molecule has 0 aromatic carbocycles. The molecule has 18 heavy (non-hydrogen) atoms. The Morgan fingerprint density at radius 1 is 1.50 bits per heavy atom. The Hall–Kier alpha value is -0.880. The number of nitrogens with one attached hydrogen (secondary N) is 1. The lowest BCUT2D eigenvalue weighted by molar-refractivity contribution is 0.509. The molecule has 4 nitrogen and oxygen atoms in total. The predicted molar refractivity (Wildman–Crippen MR) is 75.7 cm³/mol. The number of nitrogens with zero attached hydrogens (tertiary/aromatic N) is 2. The number of rotatable bonds is 5. The summed E-state index contributed by atoms with van der Waals surface area (Å²) in [6, 6.07) is 4.28. The maximum atomic E-state index is 6.12. The van der Waals surface area contributed by atoms with Crippen molar-refractivity contribution in [1.29, 1.82) is 0 Å². The van der Waals surface area contributed by atoms with Gasteiger partial charge in [0.15, 0.2) is 0 Å². The minimum atomic E-state index is 0.00742. The van der Waals surface area contributed by atoms with Gasteiger partial charge < -0.3 is 0 Å². The minimum absolute atomic E-state index is 0.00742. The molecular weight excluding hydrogens is 268 g/mol. The Bertz CT molecular complexity index is 506. The SMILES string of the molecule is CC(C)n1ccc(CC(NN)c2sccc2Cl)n1. The largest absolute Gasteiger partial charge is 0.271 e. The number of thiophene rings is 1. The summed E-state index contributed by atoms with van der Waals surface area (Å²) in [5.41, 5.74) is 3.82. The maximum Gasteiger partial charge on any atom is 0.0644 e. The van der Waals surface area contributed by atoms with E-state index in [2.05, 4.69) is 24.4 Å². The molecule has 0 radical (unpaired) electrons. The van der Waals surface area contributed by atoms with Gasteiger partial charge in [0.2, 0.25) is 0 Å². The van der Waals surface area contributed by atoms with Crippen LogP contribution in [0.5, 0.6) is 0 Å². The molecule has 0 aliphatic rings. The van der Waals surface area contributed by atoms with Crippen molar-refractivity contribution < 1.29 is 0 Å². The summed E-state index contributed by atoms with van der Waals surface area (Å²) in [4.78, 5) is 1.05. The second kappa shape index (κ2) is 5.84. The van der Waals surface area contributed by atoms with Gasteiger partial charge in [-0.25, -0.2) is 0 Å². The van der Waals surface area contributed by atoms with Gasteiger partial charge in [-0.15, -0.1) is 11.3 Å². The van der Waals surface area contributed by atoms with Crippen molar-refractivity contribution in [2.24, 2.45) is 5.84 Å². The van der Waals surface area contributed by atoms with Crippen molar-refractivity contribution in [3.05, 3.63) is 39.3 Å². The summed E-state index contributed by atoms with van der Waals surface area (Å²) < 4.78 is 1.94. The lowest BCUT2D eigenvalue weighted by atomic mass is 10.1. The molecule has 2 heterocycles. The Balaban J connectivity index is 2.13. The average Bonchev–Trinajstić information content (AvgIpc) is 2.95. The quantitative estimate of drug-likeness (QED) is 0.656. The van der Waals surface area contributed by atoms with E-state index in [1.165, 1.54) is 0 Å². The molecule has 0 saturated carbocycles. The molecular formula is C12H17ClN4S. The number of nitrogens with two attached hydrogens (primary N) is 1. The molecule has 6 heteroatoms. The lowest BCUT2D eigenvalue weighted by Crippen LogP contribution is -2.29. The third-order valence-electron chi connectivity index (χ3n) is 2.77. The van der Waals surface area contributed by atoms with Gasteiger partial charge in [-0.05, 0) is 31.4 Å². The van der Waals surface area contributed by atoms with Crippen molar-refractivity contribution in [2.75, 3.05) is 0 Å². The van der Waals surface area contributed by atoms with E-state index in [0.717, 1.165) is 22.0 Å². The molecule has 98 valence electrons. The van der Waals surface area contributed by atoms with Gasteiger partial charge in [0.25, 0.3) is 0 Å². The summed E-state index contributed by atoms with van der Waals surface area (Å²) in [6.45, 7) is 4.21. The fourth-order valence-corrected chi connectivity index (χ4v) is 3.01. The smallest absolute Gasteiger partial charge is 0.0644 e. The summed E-state index contributed by atoms with van der Waals surface area (Å²) in [5.74, 6) is 5.61. The fourth-order valence-electron chi connectivity index (χ4n) is 1.76. The zero-order valence-corrected chi connectivity index (χ0v) is 12.0. The van der Waals surface area contributed by atoms with Crippen LogP contribution in [0.3, 0.4) is 0 Å². The van der Waals surface area contributed by atoms with Crippen molar-refractivity contribution in [3.8, 4) is 0 Å². The first-order chi connectivity index (χ1) is 8.61. The van der Waals surface area contributed by atoms with E-state index in [-0.39, 0.29) is 6.04 Å². The zero-order valence-electron chi connectivity index (χ0n) is 10.4. The zero-order chi connectivity index (χ0) is 13.1. The molecule has 0 spiro atoms. The van der Waals surface area contributed by atoms with Crippen LogP contribution < -0.4 is 11.3 Å². The lowest BCUT2D eigenvalue weighted by Gasteiger charge is -2.13. The third-order valence-corrected chi connectivity index (χ3v) is 4.24. The summed E-state index contributed by atoms with van der Waals surface area (Å²) in [7, 11) is 0. The highest BCUT2D eigenvalue weighted by Crippen LogP contribution is 2.30. The number of hydrogen-bond donors (Lipinski definition) is 2. The van der Waals surface area contributed by atoms with E-state index < -0.39 is 0 Å². The molecule has 0 saturated heterocycles. The molecule has 0 aliphatic heterocycles. The van der Waals surface area contributed by atoms with E-state index in [1.807, 2.05) is 28.4 Å². The van der Waals surface area contributed by atoms with E-state index in [1.54, 1.807) is 11.3 Å². The second-order valence-electron chi connectivity index (χ2n) is 4.44. The molecule has 0 amide bonds. The number of halogens is 1. The normalized spacial score (nSPS) is 13.2. The Labute approximate surface area is 116 Å². The van der Waals surface area contributed by atoms with E-state index >= 15 is 0 Å². The van der Waals surface area contributed by atoms with Gasteiger partial charge in [0.1, 0.15) is 0 Å². The third kappa shape index (κ3) is 2.92. The average molecular weight is 285 g/mol. The first-order valence-corrected chi connectivity index (χ1v) is 7.10. The van der Waals surface area contributed by atoms with E-state index in [9.17, 15) is 0 Å². The summed E-state index contributed by atoms with van der Waals surface area (Å²) in [5, 5.41) is 7.24. The predicted octanol–water partition coefficient (Wildman–Crippen LogP) is 2.93. The Kier molecular flexibility index (Phi) is 4.40. The molecule has 1 atom stereocenters. The highest BCUT2D eigenvalue weighted by atomic mass is 35.5. The minimum Gasteiger partial charge on any atom is -0.271 e. The summed E-state index contributed by atoms with van der Waals surface area (Å²) in [6.07, 6.45) is 2.72. The standard InChI is InChI=1S/C12H17ClN4S/c1-8(2)17-5-3-9(16-17)7-11(15-14)12-10(13)4-6-18-12/h3-6,8,11,15H,7,14H2,1-2H3. The number of aromatic nitrogens is 2. The molecule has 0 fully saturated rings. The first kappa shape index (κ1) is 13.5. The molecule has 3 N–H and O–H groups in total. The van der Waals surface area contributed by atoms with Crippen LogP contribution >= 0.6 is 22.9 Å². The summed E-state index contributed by atoms with van der Waals surface area (Å²) >= 11 is 7.73. The molecule has 2 aromatic heterocycles. The molecule has 0 aliphatic carbocycles. The van der Waals surface area contributed by atoms with Gasteiger partial charge in [-0.1, -0.05) is 11.6 Å².